The van der Waals surface area contributed by atoms with E-state index >= 15 is 0 Å². The summed E-state index contributed by atoms with van der Waals surface area (Å²) in [5, 5.41) is 13.2. The molecule has 0 aliphatic heterocycles. The molecule has 1 atom stereocenters. The first-order valence-corrected chi connectivity index (χ1v) is 8.23. The smallest absolute Gasteiger partial charge is 0.230 e. The van der Waals surface area contributed by atoms with Crippen LogP contribution in [0.1, 0.15) is 35.6 Å². The second-order valence-electron chi connectivity index (χ2n) is 6.45. The van der Waals surface area contributed by atoms with Crippen molar-refractivity contribution in [2.75, 3.05) is 13.7 Å². The van der Waals surface area contributed by atoms with E-state index in [1.165, 1.54) is 0 Å². The highest BCUT2D eigenvalue weighted by Crippen LogP contribution is 2.48. The number of rotatable bonds is 6. The van der Waals surface area contributed by atoms with E-state index in [1.54, 1.807) is 19.2 Å². The summed E-state index contributed by atoms with van der Waals surface area (Å²) in [5.74, 6) is 0.743. The van der Waals surface area contributed by atoms with Gasteiger partial charge in [-0.15, -0.1) is 0 Å². The zero-order valence-corrected chi connectivity index (χ0v) is 14.1. The van der Waals surface area contributed by atoms with Crippen molar-refractivity contribution in [3.05, 3.63) is 65.2 Å². The molecule has 24 heavy (non-hydrogen) atoms. The van der Waals surface area contributed by atoms with Gasteiger partial charge in [-0.3, -0.25) is 4.79 Å². The average molecular weight is 325 g/mol. The average Bonchev–Trinajstić information content (AvgIpc) is 3.41. The van der Waals surface area contributed by atoms with Crippen LogP contribution in [0.2, 0.25) is 0 Å². The molecule has 0 saturated heterocycles. The van der Waals surface area contributed by atoms with E-state index in [0.29, 0.717) is 0 Å². The molecule has 0 radical (unpaired) electrons. The second-order valence-corrected chi connectivity index (χ2v) is 6.45. The molecule has 2 aromatic rings. The monoisotopic (exact) mass is 325 g/mol. The minimum atomic E-state index is -0.729. The summed E-state index contributed by atoms with van der Waals surface area (Å²) in [7, 11) is 1.60. The van der Waals surface area contributed by atoms with Gasteiger partial charge in [-0.2, -0.15) is 0 Å². The van der Waals surface area contributed by atoms with Crippen molar-refractivity contribution in [1.29, 1.82) is 0 Å². The van der Waals surface area contributed by atoms with Crippen molar-refractivity contribution in [3.63, 3.8) is 0 Å². The predicted octanol–water partition coefficient (Wildman–Crippen LogP) is 2.89. The van der Waals surface area contributed by atoms with Crippen LogP contribution < -0.4 is 10.1 Å². The predicted molar refractivity (Wildman–Crippen MR) is 93.1 cm³/mol. The van der Waals surface area contributed by atoms with Crippen LogP contribution in [0.5, 0.6) is 5.75 Å². The lowest BCUT2D eigenvalue weighted by Gasteiger charge is -2.18. The maximum Gasteiger partial charge on any atom is 0.230 e. The molecule has 0 spiro atoms. The zero-order chi connectivity index (χ0) is 17.2. The number of hydrogen-bond donors (Lipinski definition) is 2. The van der Waals surface area contributed by atoms with Gasteiger partial charge in [-0.25, -0.2) is 0 Å². The molecule has 1 fully saturated rings. The molecule has 1 aliphatic carbocycles. The Morgan fingerprint density at radius 3 is 2.54 bits per heavy atom. The Balaban J connectivity index is 1.62. The third-order valence-corrected chi connectivity index (χ3v) is 4.71. The number of hydrogen-bond acceptors (Lipinski definition) is 3. The molecule has 0 bridgehead atoms. The van der Waals surface area contributed by atoms with Crippen molar-refractivity contribution in [2.45, 2.75) is 31.3 Å². The largest absolute Gasteiger partial charge is 0.497 e. The zero-order valence-electron chi connectivity index (χ0n) is 14.1. The molecule has 0 aromatic heterocycles. The molecule has 1 amide bonds. The fourth-order valence-electron chi connectivity index (χ4n) is 3.02. The minimum Gasteiger partial charge on any atom is -0.497 e. The molecule has 2 N–H and O–H groups in total. The Morgan fingerprint density at radius 2 is 1.96 bits per heavy atom. The Morgan fingerprint density at radius 1 is 1.25 bits per heavy atom. The Bertz CT molecular complexity index is 720. The van der Waals surface area contributed by atoms with Crippen molar-refractivity contribution >= 4 is 5.91 Å². The van der Waals surface area contributed by atoms with Gasteiger partial charge in [0.1, 0.15) is 5.75 Å². The van der Waals surface area contributed by atoms with Crippen LogP contribution in [-0.2, 0) is 10.2 Å². The number of carbonyl (C=O) groups is 1. The van der Waals surface area contributed by atoms with Gasteiger partial charge in [0.2, 0.25) is 5.91 Å². The molecule has 1 saturated carbocycles. The number of methoxy groups -OCH3 is 1. The van der Waals surface area contributed by atoms with Gasteiger partial charge in [0.05, 0.1) is 18.6 Å². The summed E-state index contributed by atoms with van der Waals surface area (Å²) in [6, 6.07) is 15.3. The van der Waals surface area contributed by atoms with Gasteiger partial charge < -0.3 is 15.2 Å². The Hall–Kier alpha value is -2.33. The van der Waals surface area contributed by atoms with E-state index in [9.17, 15) is 9.90 Å². The first kappa shape index (κ1) is 16.5. The molecule has 4 heteroatoms. The van der Waals surface area contributed by atoms with Gasteiger partial charge in [0.25, 0.3) is 0 Å². The number of nitrogens with one attached hydrogen (secondary N) is 1. The van der Waals surface area contributed by atoms with Crippen LogP contribution in [0, 0.1) is 6.92 Å². The standard InChI is InChI=1S/C20H23NO3/c1-14-4-3-5-16(12-14)20(10-11-20)19(23)21-13-18(22)15-6-8-17(24-2)9-7-15/h3-9,12,18,22H,10-11,13H2,1-2H3,(H,21,23)/t18-/m1/s1. The molecule has 1 aliphatic rings. The SMILES string of the molecule is COc1ccc([C@H](O)CNC(=O)C2(c3cccc(C)c3)CC2)cc1. The van der Waals surface area contributed by atoms with E-state index in [4.69, 9.17) is 4.74 Å². The van der Waals surface area contributed by atoms with E-state index in [-0.39, 0.29) is 12.5 Å². The third-order valence-electron chi connectivity index (χ3n) is 4.71. The molecule has 2 aromatic carbocycles. The van der Waals surface area contributed by atoms with Crippen LogP contribution in [0.3, 0.4) is 0 Å². The number of aliphatic hydroxyl groups excluding tert-OH is 1. The Kier molecular flexibility index (Phi) is 4.58. The van der Waals surface area contributed by atoms with Crippen LogP contribution in [0.15, 0.2) is 48.5 Å². The number of aliphatic hydroxyl groups is 1. The first-order chi connectivity index (χ1) is 11.5. The number of amides is 1. The lowest BCUT2D eigenvalue weighted by Crippen LogP contribution is -2.37. The summed E-state index contributed by atoms with van der Waals surface area (Å²) in [6.45, 7) is 2.24. The molecular formula is C20H23NO3. The summed E-state index contributed by atoms with van der Waals surface area (Å²) >= 11 is 0. The van der Waals surface area contributed by atoms with E-state index in [1.807, 2.05) is 37.3 Å². The van der Waals surface area contributed by atoms with Crippen LogP contribution in [0.4, 0.5) is 0 Å². The molecular weight excluding hydrogens is 302 g/mol. The van der Waals surface area contributed by atoms with Crippen LogP contribution in [0.25, 0.3) is 0 Å². The summed E-state index contributed by atoms with van der Waals surface area (Å²) in [6.07, 6.45) is 0.995. The maximum absolute atomic E-state index is 12.6. The minimum absolute atomic E-state index is 0.000613. The van der Waals surface area contributed by atoms with E-state index in [0.717, 1.165) is 35.3 Å². The summed E-state index contributed by atoms with van der Waals surface area (Å²) in [4.78, 5) is 12.6. The number of carbonyl (C=O) groups excluding carboxylic acids is 1. The normalized spacial score (nSPS) is 16.3. The van der Waals surface area contributed by atoms with E-state index in [2.05, 4.69) is 11.4 Å². The van der Waals surface area contributed by atoms with Crippen LogP contribution >= 0.6 is 0 Å². The molecule has 4 nitrogen and oxygen atoms in total. The van der Waals surface area contributed by atoms with Crippen molar-refractivity contribution in [2.24, 2.45) is 0 Å². The lowest BCUT2D eigenvalue weighted by molar-refractivity contribution is -0.124. The number of ether oxygens (including phenoxy) is 1. The highest BCUT2D eigenvalue weighted by atomic mass is 16.5. The van der Waals surface area contributed by atoms with Crippen molar-refractivity contribution in [3.8, 4) is 5.75 Å². The molecule has 0 heterocycles. The van der Waals surface area contributed by atoms with E-state index < -0.39 is 11.5 Å². The highest BCUT2D eigenvalue weighted by molar-refractivity contribution is 5.91. The third kappa shape index (κ3) is 3.29. The first-order valence-electron chi connectivity index (χ1n) is 8.23. The second kappa shape index (κ2) is 6.65. The highest BCUT2D eigenvalue weighted by Gasteiger charge is 2.51. The molecule has 0 unspecified atom stereocenters. The van der Waals surface area contributed by atoms with Gasteiger partial charge in [0, 0.05) is 6.54 Å². The molecule has 126 valence electrons. The summed E-state index contributed by atoms with van der Waals surface area (Å²) in [5.41, 5.74) is 2.58. The lowest BCUT2D eigenvalue weighted by atomic mass is 9.93. The van der Waals surface area contributed by atoms with Gasteiger partial charge in [0.15, 0.2) is 0 Å². The van der Waals surface area contributed by atoms with Gasteiger partial charge >= 0.3 is 0 Å². The topological polar surface area (TPSA) is 58.6 Å². The number of benzene rings is 2. The maximum atomic E-state index is 12.6. The van der Waals surface area contributed by atoms with Gasteiger partial charge in [-0.05, 0) is 43.0 Å². The quantitative estimate of drug-likeness (QED) is 0.858. The number of aryl methyl sites for hydroxylation is 1. The Labute approximate surface area is 142 Å². The fourth-order valence-corrected chi connectivity index (χ4v) is 3.02. The fraction of sp³-hybridized carbons (Fsp3) is 0.350. The van der Waals surface area contributed by atoms with Crippen LogP contribution in [-0.4, -0.2) is 24.7 Å². The summed E-state index contributed by atoms with van der Waals surface area (Å²) < 4.78 is 5.11. The van der Waals surface area contributed by atoms with Crippen molar-refractivity contribution in [1.82, 2.24) is 5.32 Å². The van der Waals surface area contributed by atoms with Gasteiger partial charge in [-0.1, -0.05) is 42.0 Å². The van der Waals surface area contributed by atoms with Crippen molar-refractivity contribution < 1.29 is 14.6 Å². The molecule has 3 rings (SSSR count).